The first-order chi connectivity index (χ1) is 12.8. The van der Waals surface area contributed by atoms with Gasteiger partial charge >= 0.3 is 0 Å². The highest BCUT2D eigenvalue weighted by Crippen LogP contribution is 2.27. The number of nitro groups is 1. The summed E-state index contributed by atoms with van der Waals surface area (Å²) in [4.78, 5) is 28.1. The first kappa shape index (κ1) is 19.5. The maximum atomic E-state index is 12.4. The van der Waals surface area contributed by atoms with Crippen LogP contribution in [0.2, 0.25) is 5.02 Å². The number of carbonyl (C=O) groups is 1. The van der Waals surface area contributed by atoms with Gasteiger partial charge in [-0.3, -0.25) is 20.2 Å². The molecule has 3 aromatic rings. The lowest BCUT2D eigenvalue weighted by Crippen LogP contribution is -2.13. The van der Waals surface area contributed by atoms with Gasteiger partial charge in [0, 0.05) is 33.1 Å². The predicted molar refractivity (Wildman–Crippen MR) is 110 cm³/mol. The summed E-state index contributed by atoms with van der Waals surface area (Å²) >= 11 is 10.6. The van der Waals surface area contributed by atoms with Crippen molar-refractivity contribution in [1.29, 1.82) is 0 Å². The second-order valence-electron chi connectivity index (χ2n) is 5.76. The van der Waals surface area contributed by atoms with Crippen LogP contribution in [0.4, 0.5) is 10.8 Å². The third-order valence-corrected chi connectivity index (χ3v) is 5.81. The van der Waals surface area contributed by atoms with E-state index in [4.69, 9.17) is 11.6 Å². The zero-order valence-corrected chi connectivity index (χ0v) is 17.2. The van der Waals surface area contributed by atoms with Crippen LogP contribution in [-0.4, -0.2) is 15.8 Å². The van der Waals surface area contributed by atoms with E-state index in [1.165, 1.54) is 23.5 Å². The van der Waals surface area contributed by atoms with E-state index in [9.17, 15) is 14.9 Å². The molecule has 9 heteroatoms. The Morgan fingerprint density at radius 3 is 2.81 bits per heavy atom. The van der Waals surface area contributed by atoms with Gasteiger partial charge in [0.2, 0.25) is 0 Å². The number of aryl methyl sites for hydroxylation is 1. The molecule has 0 saturated carbocycles. The number of carbonyl (C=O) groups excluding carboxylic acids is 1. The van der Waals surface area contributed by atoms with Gasteiger partial charge in [-0.25, -0.2) is 4.98 Å². The third kappa shape index (κ3) is 4.71. The van der Waals surface area contributed by atoms with Gasteiger partial charge in [-0.15, -0.1) is 11.3 Å². The van der Waals surface area contributed by atoms with Crippen LogP contribution in [-0.2, 0) is 6.42 Å². The number of hydrogen-bond acceptors (Lipinski definition) is 5. The molecule has 27 heavy (non-hydrogen) atoms. The first-order valence-electron chi connectivity index (χ1n) is 7.78. The van der Waals surface area contributed by atoms with Gasteiger partial charge in [-0.05, 0) is 36.2 Å². The van der Waals surface area contributed by atoms with Crippen molar-refractivity contribution in [2.75, 3.05) is 5.32 Å². The van der Waals surface area contributed by atoms with Gasteiger partial charge in [0.05, 0.1) is 4.92 Å². The van der Waals surface area contributed by atoms with E-state index in [0.29, 0.717) is 11.6 Å². The van der Waals surface area contributed by atoms with Crippen molar-refractivity contribution in [2.24, 2.45) is 0 Å². The zero-order valence-electron chi connectivity index (χ0n) is 14.0. The molecule has 1 aromatic heterocycles. The molecule has 0 aliphatic carbocycles. The van der Waals surface area contributed by atoms with Crippen LogP contribution >= 0.6 is 38.9 Å². The van der Waals surface area contributed by atoms with Crippen LogP contribution < -0.4 is 5.32 Å². The largest absolute Gasteiger partial charge is 0.298 e. The minimum absolute atomic E-state index is 0.0651. The Morgan fingerprint density at radius 2 is 2.11 bits per heavy atom. The molecular formula is C18H13BrClN3O3S. The summed E-state index contributed by atoms with van der Waals surface area (Å²) in [7, 11) is 0. The molecule has 2 aromatic carbocycles. The number of thiazole rings is 1. The molecule has 3 rings (SSSR count). The topological polar surface area (TPSA) is 85.1 Å². The maximum absolute atomic E-state index is 12.4. The fraction of sp³-hybridized carbons (Fsp3) is 0.111. The second-order valence-corrected chi connectivity index (χ2v) is 8.17. The van der Waals surface area contributed by atoms with Gasteiger partial charge in [0.1, 0.15) is 5.56 Å². The molecular weight excluding hydrogens is 454 g/mol. The molecule has 1 N–H and O–H groups in total. The van der Waals surface area contributed by atoms with Crippen molar-refractivity contribution in [3.63, 3.8) is 0 Å². The van der Waals surface area contributed by atoms with E-state index < -0.39 is 10.8 Å². The van der Waals surface area contributed by atoms with Gasteiger partial charge < -0.3 is 0 Å². The van der Waals surface area contributed by atoms with Crippen LogP contribution in [0.15, 0.2) is 47.1 Å². The van der Waals surface area contributed by atoms with Gasteiger partial charge in [0.15, 0.2) is 5.13 Å². The van der Waals surface area contributed by atoms with E-state index in [1.54, 1.807) is 6.20 Å². The quantitative estimate of drug-likeness (QED) is 0.391. The number of rotatable bonds is 5. The number of benzene rings is 2. The summed E-state index contributed by atoms with van der Waals surface area (Å²) in [6.07, 6.45) is 2.37. The van der Waals surface area contributed by atoms with Crippen LogP contribution in [0.1, 0.15) is 26.4 Å². The van der Waals surface area contributed by atoms with E-state index >= 15 is 0 Å². The number of nitrogens with one attached hydrogen (secondary N) is 1. The normalized spacial score (nSPS) is 10.6. The van der Waals surface area contributed by atoms with Gasteiger partial charge in [0.25, 0.3) is 11.6 Å². The highest BCUT2D eigenvalue weighted by Gasteiger charge is 2.21. The molecule has 0 bridgehead atoms. The number of aromatic nitrogens is 1. The molecule has 0 spiro atoms. The van der Waals surface area contributed by atoms with Crippen LogP contribution in [0.25, 0.3) is 0 Å². The molecule has 1 heterocycles. The average molecular weight is 467 g/mol. The molecule has 0 aliphatic rings. The molecule has 6 nitrogen and oxygen atoms in total. The number of anilines is 1. The monoisotopic (exact) mass is 465 g/mol. The second kappa shape index (κ2) is 8.16. The minimum atomic E-state index is -0.635. The molecule has 0 aliphatic heterocycles. The van der Waals surface area contributed by atoms with Crippen LogP contribution in [0, 0.1) is 17.0 Å². The van der Waals surface area contributed by atoms with Crippen molar-refractivity contribution in [3.8, 4) is 0 Å². The van der Waals surface area contributed by atoms with Crippen molar-refractivity contribution in [3.05, 3.63) is 83.8 Å². The zero-order chi connectivity index (χ0) is 19.6. The number of hydrogen-bond donors (Lipinski definition) is 1. The third-order valence-electron chi connectivity index (χ3n) is 3.78. The lowest BCUT2D eigenvalue weighted by molar-refractivity contribution is -0.385. The molecule has 138 valence electrons. The number of amides is 1. The standard InChI is InChI=1S/C18H13BrClN3O3S/c1-10-6-11(2-5-15(10)19)7-13-9-21-18(27-13)22-17(24)14-4-3-12(20)8-16(14)23(25)26/h2-6,8-9H,7H2,1H3,(H,21,22,24). The highest BCUT2D eigenvalue weighted by molar-refractivity contribution is 9.10. The van der Waals surface area contributed by atoms with Gasteiger partial charge in [-0.1, -0.05) is 39.7 Å². The first-order valence-corrected chi connectivity index (χ1v) is 9.77. The molecule has 0 unspecified atom stereocenters. The summed E-state index contributed by atoms with van der Waals surface area (Å²) in [5.41, 5.74) is 1.86. The Kier molecular flexibility index (Phi) is 5.88. The van der Waals surface area contributed by atoms with Crippen molar-refractivity contribution >= 4 is 55.6 Å². The maximum Gasteiger partial charge on any atom is 0.283 e. The van der Waals surface area contributed by atoms with Crippen LogP contribution in [0.5, 0.6) is 0 Å². The minimum Gasteiger partial charge on any atom is -0.298 e. The van der Waals surface area contributed by atoms with Crippen molar-refractivity contribution in [2.45, 2.75) is 13.3 Å². The van der Waals surface area contributed by atoms with E-state index in [1.807, 2.05) is 19.1 Å². The summed E-state index contributed by atoms with van der Waals surface area (Å²) in [5.74, 6) is -0.598. The Balaban J connectivity index is 1.75. The summed E-state index contributed by atoms with van der Waals surface area (Å²) in [6.45, 7) is 2.02. The number of halogens is 2. The smallest absolute Gasteiger partial charge is 0.283 e. The van der Waals surface area contributed by atoms with Crippen molar-refractivity contribution < 1.29 is 9.72 Å². The summed E-state index contributed by atoms with van der Waals surface area (Å²) < 4.78 is 1.05. The summed E-state index contributed by atoms with van der Waals surface area (Å²) in [6, 6.07) is 10.0. The van der Waals surface area contributed by atoms with Crippen LogP contribution in [0.3, 0.4) is 0 Å². The molecule has 0 radical (unpaired) electrons. The predicted octanol–water partition coefficient (Wildman–Crippen LogP) is 5.62. The van der Waals surface area contributed by atoms with Gasteiger partial charge in [-0.2, -0.15) is 0 Å². The fourth-order valence-corrected chi connectivity index (χ4v) is 3.73. The Bertz CT molecular complexity index is 1040. The highest BCUT2D eigenvalue weighted by atomic mass is 79.9. The van der Waals surface area contributed by atoms with E-state index in [0.717, 1.165) is 26.5 Å². The lowest BCUT2D eigenvalue weighted by atomic mass is 10.1. The number of nitrogens with zero attached hydrogens (tertiary/aromatic N) is 2. The van der Waals surface area contributed by atoms with Crippen molar-refractivity contribution in [1.82, 2.24) is 4.98 Å². The molecule has 0 fully saturated rings. The lowest BCUT2D eigenvalue weighted by Gasteiger charge is -2.04. The molecule has 0 atom stereocenters. The molecule has 1 amide bonds. The Hall–Kier alpha value is -2.29. The Labute approximate surface area is 172 Å². The SMILES string of the molecule is Cc1cc(Cc2cnc(NC(=O)c3ccc(Cl)cc3[N+](=O)[O-])s2)ccc1Br. The van der Waals surface area contributed by atoms with E-state index in [-0.39, 0.29) is 16.3 Å². The number of nitro benzene ring substituents is 1. The fourth-order valence-electron chi connectivity index (χ4n) is 2.48. The summed E-state index contributed by atoms with van der Waals surface area (Å²) in [5, 5.41) is 14.3. The Morgan fingerprint density at radius 1 is 1.33 bits per heavy atom. The van der Waals surface area contributed by atoms with E-state index in [2.05, 4.69) is 32.3 Å². The molecule has 0 saturated heterocycles. The average Bonchev–Trinajstić information content (AvgIpc) is 3.04.